The van der Waals surface area contributed by atoms with E-state index in [1.54, 1.807) is 11.3 Å². The van der Waals surface area contributed by atoms with E-state index < -0.39 is 0 Å². The van der Waals surface area contributed by atoms with Crippen LogP contribution < -0.4 is 4.90 Å². The Balaban J connectivity index is 1.03. The number of aromatic nitrogens is 2. The van der Waals surface area contributed by atoms with E-state index in [1.165, 1.54) is 60.6 Å². The number of fused-ring (bicyclic) bond motifs is 6. The van der Waals surface area contributed by atoms with Gasteiger partial charge in [0, 0.05) is 38.2 Å². The first-order valence-electron chi connectivity index (χ1n) is 19.2. The van der Waals surface area contributed by atoms with Crippen molar-refractivity contribution in [1.29, 1.82) is 0 Å². The lowest BCUT2D eigenvalue weighted by atomic mass is 9.88. The summed E-state index contributed by atoms with van der Waals surface area (Å²) < 4.78 is 2.32. The molecule has 0 N–H and O–H groups in total. The van der Waals surface area contributed by atoms with E-state index >= 15 is 0 Å². The summed E-state index contributed by atoms with van der Waals surface area (Å²) in [6.45, 7) is 0. The predicted octanol–water partition coefficient (Wildman–Crippen LogP) is 13.9. The second-order valence-corrected chi connectivity index (χ2v) is 15.5. The summed E-state index contributed by atoms with van der Waals surface area (Å²) in [7, 11) is 0. The van der Waals surface area contributed by atoms with Crippen LogP contribution in [0.1, 0.15) is 17.5 Å². The minimum Gasteiger partial charge on any atom is -0.333 e. The van der Waals surface area contributed by atoms with Crippen LogP contribution in [0, 0.1) is 0 Å². The van der Waals surface area contributed by atoms with Gasteiger partial charge >= 0.3 is 0 Å². The maximum absolute atomic E-state index is 5.30. The number of hydrogen-bond acceptors (Lipinski definition) is 4. The van der Waals surface area contributed by atoms with Crippen LogP contribution in [-0.4, -0.2) is 16.0 Å². The zero-order valence-electron chi connectivity index (χ0n) is 30.5. The molecule has 1 aliphatic heterocycles. The van der Waals surface area contributed by atoms with E-state index in [1.807, 2.05) is 6.07 Å². The normalized spacial score (nSPS) is 14.7. The number of para-hydroxylation sites is 2. The minimum absolute atomic E-state index is 0.276. The molecule has 3 heterocycles. The largest absolute Gasteiger partial charge is 0.333 e. The van der Waals surface area contributed by atoms with Crippen LogP contribution in [0.4, 0.5) is 11.4 Å². The quantitative estimate of drug-likeness (QED) is 0.170. The second kappa shape index (κ2) is 13.5. The third-order valence-electron chi connectivity index (χ3n) is 11.2. The van der Waals surface area contributed by atoms with Crippen LogP contribution in [0.25, 0.3) is 76.3 Å². The maximum Gasteiger partial charge on any atom is 0.160 e. The van der Waals surface area contributed by atoms with Gasteiger partial charge in [-0.05, 0) is 81.8 Å². The Morgan fingerprint density at radius 3 is 1.95 bits per heavy atom. The number of rotatable bonds is 6. The SMILES string of the molecule is C1=C(c2cccc(-c3cccc4c3sc3c(-c5cccc(-c6ccccc6)c5)nc(-c5ccccc5)nc34)c2)C=C2c3ccccc3N(c3ccccc3)C2C1. The molecule has 0 fully saturated rings. The van der Waals surface area contributed by atoms with Crippen molar-refractivity contribution in [2.45, 2.75) is 12.5 Å². The summed E-state index contributed by atoms with van der Waals surface area (Å²) in [5, 5.41) is 1.15. The average Bonchev–Trinajstić information content (AvgIpc) is 3.83. The highest BCUT2D eigenvalue weighted by molar-refractivity contribution is 7.26. The highest BCUT2D eigenvalue weighted by atomic mass is 32.1. The van der Waals surface area contributed by atoms with E-state index in [9.17, 15) is 0 Å². The van der Waals surface area contributed by atoms with Crippen molar-refractivity contribution in [3.05, 3.63) is 205 Å². The zero-order chi connectivity index (χ0) is 37.0. The molecule has 3 nitrogen and oxygen atoms in total. The molecule has 7 aromatic carbocycles. The molecule has 0 saturated heterocycles. The lowest BCUT2D eigenvalue weighted by Crippen LogP contribution is -2.27. The van der Waals surface area contributed by atoms with Crippen LogP contribution in [0.5, 0.6) is 0 Å². The molecule has 4 heteroatoms. The fourth-order valence-electron chi connectivity index (χ4n) is 8.54. The van der Waals surface area contributed by atoms with Crippen molar-refractivity contribution < 1.29 is 0 Å². The van der Waals surface area contributed by atoms with E-state index in [4.69, 9.17) is 9.97 Å². The summed E-state index contributed by atoms with van der Waals surface area (Å²) in [4.78, 5) is 13.1. The Bertz CT molecular complexity index is 3000. The van der Waals surface area contributed by atoms with Crippen LogP contribution >= 0.6 is 11.3 Å². The van der Waals surface area contributed by atoms with Gasteiger partial charge in [0.25, 0.3) is 0 Å². The Morgan fingerprint density at radius 2 is 1.12 bits per heavy atom. The maximum atomic E-state index is 5.30. The van der Waals surface area contributed by atoms with Gasteiger partial charge in [0.15, 0.2) is 5.82 Å². The molecule has 1 atom stereocenters. The lowest BCUT2D eigenvalue weighted by molar-refractivity contribution is 0.831. The molecule has 0 radical (unpaired) electrons. The second-order valence-electron chi connectivity index (χ2n) is 14.5. The van der Waals surface area contributed by atoms with Crippen molar-refractivity contribution in [2.24, 2.45) is 0 Å². The third-order valence-corrected chi connectivity index (χ3v) is 12.4. The van der Waals surface area contributed by atoms with Gasteiger partial charge in [-0.25, -0.2) is 9.97 Å². The van der Waals surface area contributed by atoms with Crippen LogP contribution in [-0.2, 0) is 0 Å². The molecule has 0 spiro atoms. The van der Waals surface area contributed by atoms with Crippen LogP contribution in [0.3, 0.4) is 0 Å². The summed E-state index contributed by atoms with van der Waals surface area (Å²) in [6, 6.07) is 65.3. The number of anilines is 2. The van der Waals surface area contributed by atoms with Gasteiger partial charge in [-0.1, -0.05) is 158 Å². The van der Waals surface area contributed by atoms with Gasteiger partial charge in [-0.15, -0.1) is 11.3 Å². The van der Waals surface area contributed by atoms with Gasteiger partial charge < -0.3 is 4.90 Å². The van der Waals surface area contributed by atoms with Crippen LogP contribution in [0.15, 0.2) is 194 Å². The highest BCUT2D eigenvalue weighted by Gasteiger charge is 2.35. The van der Waals surface area contributed by atoms with Gasteiger partial charge in [-0.3, -0.25) is 0 Å². The molecule has 0 bridgehead atoms. The fraction of sp³-hybridized carbons (Fsp3) is 0.0385. The average molecular weight is 734 g/mol. The molecule has 2 aliphatic rings. The number of allylic oxidation sites excluding steroid dienone is 2. The van der Waals surface area contributed by atoms with E-state index in [0.717, 1.165) is 44.7 Å². The molecule has 11 rings (SSSR count). The molecule has 0 saturated carbocycles. The third kappa shape index (κ3) is 5.49. The van der Waals surface area contributed by atoms with Gasteiger partial charge in [0.2, 0.25) is 0 Å². The first-order chi connectivity index (χ1) is 27.8. The number of thiophene rings is 1. The Hall–Kier alpha value is -6.88. The summed E-state index contributed by atoms with van der Waals surface area (Å²) >= 11 is 1.80. The Labute approximate surface area is 330 Å². The monoisotopic (exact) mass is 733 g/mol. The van der Waals surface area contributed by atoms with Gasteiger partial charge in [0.1, 0.15) is 0 Å². The molecular weight excluding hydrogens is 699 g/mol. The van der Waals surface area contributed by atoms with Crippen molar-refractivity contribution in [3.8, 4) is 44.9 Å². The number of nitrogens with zero attached hydrogens (tertiary/aromatic N) is 3. The lowest BCUT2D eigenvalue weighted by Gasteiger charge is -2.29. The Kier molecular flexibility index (Phi) is 7.82. The Morgan fingerprint density at radius 1 is 0.500 bits per heavy atom. The van der Waals surface area contributed by atoms with Gasteiger partial charge in [-0.2, -0.15) is 0 Å². The zero-order valence-corrected chi connectivity index (χ0v) is 31.3. The molecule has 1 aliphatic carbocycles. The summed E-state index contributed by atoms with van der Waals surface area (Å²) in [5.74, 6) is 0.736. The van der Waals surface area contributed by atoms with Crippen molar-refractivity contribution in [2.75, 3.05) is 4.90 Å². The number of benzene rings is 7. The topological polar surface area (TPSA) is 29.0 Å². The van der Waals surface area contributed by atoms with Crippen molar-refractivity contribution in [1.82, 2.24) is 9.97 Å². The van der Waals surface area contributed by atoms with Crippen molar-refractivity contribution in [3.63, 3.8) is 0 Å². The predicted molar refractivity (Wildman–Crippen MR) is 236 cm³/mol. The molecule has 1 unspecified atom stereocenters. The minimum atomic E-state index is 0.276. The molecule has 264 valence electrons. The fourth-order valence-corrected chi connectivity index (χ4v) is 9.83. The first kappa shape index (κ1) is 32.5. The standard InChI is InChI=1S/C52H35N3S/c1-4-15-34(16-5-1)36-19-13-22-40(32-36)48-51-49(54-52(53-48)35-17-6-2-7-18-35)44-27-14-26-42(50(44)56-51)39-21-12-20-37(31-39)38-29-30-47-45(33-38)43-25-10-11-28-46(43)55(47)41-23-8-3-9-24-41/h1-29,31-33,47H,30H2. The summed E-state index contributed by atoms with van der Waals surface area (Å²) in [6.07, 6.45) is 5.79. The molecule has 2 aromatic heterocycles. The molecule has 9 aromatic rings. The molecule has 56 heavy (non-hydrogen) atoms. The highest BCUT2D eigenvalue weighted by Crippen LogP contribution is 2.49. The van der Waals surface area contributed by atoms with E-state index in [0.29, 0.717) is 0 Å². The molecule has 0 amide bonds. The van der Waals surface area contributed by atoms with Crippen LogP contribution in [0.2, 0.25) is 0 Å². The summed E-state index contributed by atoms with van der Waals surface area (Å²) in [5.41, 5.74) is 16.5. The first-order valence-corrected chi connectivity index (χ1v) is 20.0. The van der Waals surface area contributed by atoms with Crippen molar-refractivity contribution >= 4 is 54.2 Å². The molecular formula is C52H35N3S. The van der Waals surface area contributed by atoms with E-state index in [2.05, 4.69) is 193 Å². The smallest absolute Gasteiger partial charge is 0.160 e. The number of hydrogen-bond donors (Lipinski definition) is 0. The van der Waals surface area contributed by atoms with E-state index in [-0.39, 0.29) is 6.04 Å². The van der Waals surface area contributed by atoms with Gasteiger partial charge in [0.05, 0.1) is 22.0 Å².